The fourth-order valence-electron chi connectivity index (χ4n) is 2.39. The SMILES string of the molecule is CC(Nc1nc(NCCN)cc(Nc2cnccn2)n1)c1ccc(F)cc1.Cl.Cl. The number of anilines is 4. The summed E-state index contributed by atoms with van der Waals surface area (Å²) in [6, 6.07) is 7.95. The highest BCUT2D eigenvalue weighted by atomic mass is 35.5. The van der Waals surface area contributed by atoms with E-state index in [1.54, 1.807) is 36.8 Å². The standard InChI is InChI=1S/C18H21FN8.2ClH/c1-12(13-2-4-14(19)5-3-13)24-18-26-15(22-7-6-20)10-16(27-18)25-17-11-21-8-9-23-17;;/h2-5,8-12H,6-7,20H2,1H3,(H3,22,23,24,25,26,27);2*1H. The van der Waals surface area contributed by atoms with Gasteiger partial charge < -0.3 is 21.7 Å². The van der Waals surface area contributed by atoms with Crippen molar-refractivity contribution in [2.75, 3.05) is 29.0 Å². The van der Waals surface area contributed by atoms with Crippen LogP contribution in [-0.2, 0) is 0 Å². The second kappa shape index (κ2) is 11.9. The number of nitrogens with one attached hydrogen (secondary N) is 3. The maximum Gasteiger partial charge on any atom is 0.227 e. The minimum atomic E-state index is -0.273. The first-order valence-electron chi connectivity index (χ1n) is 8.52. The fraction of sp³-hybridized carbons (Fsp3) is 0.222. The van der Waals surface area contributed by atoms with Gasteiger partial charge in [0.15, 0.2) is 0 Å². The quantitative estimate of drug-likeness (QED) is 0.420. The number of nitrogens with zero attached hydrogens (tertiary/aromatic N) is 4. The zero-order valence-corrected chi connectivity index (χ0v) is 17.3. The van der Waals surface area contributed by atoms with E-state index >= 15 is 0 Å². The maximum atomic E-state index is 13.1. The summed E-state index contributed by atoms with van der Waals surface area (Å²) in [6.07, 6.45) is 4.78. The Bertz CT molecular complexity index is 867. The molecule has 0 fully saturated rings. The summed E-state index contributed by atoms with van der Waals surface area (Å²) in [6.45, 7) is 3.01. The van der Waals surface area contributed by atoms with Crippen LogP contribution in [0, 0.1) is 5.82 Å². The molecule has 1 atom stereocenters. The number of aromatic nitrogens is 4. The van der Waals surface area contributed by atoms with Crippen molar-refractivity contribution in [3.63, 3.8) is 0 Å². The number of hydrogen-bond donors (Lipinski definition) is 4. The molecule has 0 amide bonds. The van der Waals surface area contributed by atoms with Gasteiger partial charge in [-0.1, -0.05) is 12.1 Å². The fourth-order valence-corrected chi connectivity index (χ4v) is 2.39. The molecule has 3 rings (SSSR count). The van der Waals surface area contributed by atoms with E-state index in [0.717, 1.165) is 5.56 Å². The van der Waals surface area contributed by atoms with E-state index in [2.05, 4.69) is 35.9 Å². The van der Waals surface area contributed by atoms with Crippen LogP contribution in [0.25, 0.3) is 0 Å². The van der Waals surface area contributed by atoms with Crippen molar-refractivity contribution in [1.29, 1.82) is 0 Å². The first-order chi connectivity index (χ1) is 13.1. The molecule has 29 heavy (non-hydrogen) atoms. The Morgan fingerprint density at radius 2 is 1.76 bits per heavy atom. The topological polar surface area (TPSA) is 114 Å². The molecule has 0 aliphatic carbocycles. The minimum absolute atomic E-state index is 0. The summed E-state index contributed by atoms with van der Waals surface area (Å²) in [5.74, 6) is 1.89. The number of hydrogen-bond acceptors (Lipinski definition) is 8. The number of nitrogens with two attached hydrogens (primary N) is 1. The molecule has 0 aliphatic rings. The van der Waals surface area contributed by atoms with Crippen molar-refractivity contribution in [2.45, 2.75) is 13.0 Å². The third-order valence-corrected chi connectivity index (χ3v) is 3.71. The lowest BCUT2D eigenvalue weighted by Gasteiger charge is -2.16. The van der Waals surface area contributed by atoms with E-state index in [-0.39, 0.29) is 36.7 Å². The van der Waals surface area contributed by atoms with E-state index < -0.39 is 0 Å². The Hall–Kier alpha value is -2.75. The van der Waals surface area contributed by atoms with Gasteiger partial charge in [0.1, 0.15) is 23.3 Å². The van der Waals surface area contributed by atoms with Gasteiger partial charge in [0.25, 0.3) is 0 Å². The van der Waals surface area contributed by atoms with Crippen LogP contribution in [0.1, 0.15) is 18.5 Å². The van der Waals surface area contributed by atoms with E-state index in [0.29, 0.717) is 36.5 Å². The second-order valence-corrected chi connectivity index (χ2v) is 5.81. The third kappa shape index (κ3) is 7.30. The molecule has 156 valence electrons. The lowest BCUT2D eigenvalue weighted by molar-refractivity contribution is 0.626. The Morgan fingerprint density at radius 3 is 2.41 bits per heavy atom. The molecule has 0 aliphatic heterocycles. The predicted octanol–water partition coefficient (Wildman–Crippen LogP) is 3.54. The Kier molecular flexibility index (Phi) is 10.0. The lowest BCUT2D eigenvalue weighted by Crippen LogP contribution is -2.16. The van der Waals surface area contributed by atoms with Crippen LogP contribution in [0.15, 0.2) is 48.9 Å². The zero-order chi connectivity index (χ0) is 19.1. The van der Waals surface area contributed by atoms with Crippen molar-refractivity contribution in [3.05, 3.63) is 60.3 Å². The van der Waals surface area contributed by atoms with Gasteiger partial charge in [0, 0.05) is 31.5 Å². The van der Waals surface area contributed by atoms with Crippen molar-refractivity contribution in [3.8, 4) is 0 Å². The normalized spacial score (nSPS) is 10.9. The summed E-state index contributed by atoms with van der Waals surface area (Å²) in [5.41, 5.74) is 6.48. The molecule has 2 heterocycles. The average Bonchev–Trinajstić information content (AvgIpc) is 2.67. The zero-order valence-electron chi connectivity index (χ0n) is 15.7. The highest BCUT2D eigenvalue weighted by molar-refractivity contribution is 5.85. The third-order valence-electron chi connectivity index (χ3n) is 3.71. The molecule has 0 spiro atoms. The van der Waals surface area contributed by atoms with Crippen molar-refractivity contribution < 1.29 is 4.39 Å². The molecular weight excluding hydrogens is 418 g/mol. The maximum absolute atomic E-state index is 13.1. The van der Waals surface area contributed by atoms with Crippen LogP contribution in [-0.4, -0.2) is 33.0 Å². The van der Waals surface area contributed by atoms with Crippen LogP contribution in [0.4, 0.5) is 27.8 Å². The second-order valence-electron chi connectivity index (χ2n) is 5.81. The molecule has 0 saturated carbocycles. The van der Waals surface area contributed by atoms with Gasteiger partial charge in [-0.25, -0.2) is 9.37 Å². The van der Waals surface area contributed by atoms with Gasteiger partial charge in [-0.15, -0.1) is 24.8 Å². The van der Waals surface area contributed by atoms with Crippen LogP contribution < -0.4 is 21.7 Å². The largest absolute Gasteiger partial charge is 0.369 e. The molecule has 0 radical (unpaired) electrons. The summed E-state index contributed by atoms with van der Waals surface area (Å²) < 4.78 is 13.1. The molecule has 0 bridgehead atoms. The molecule has 8 nitrogen and oxygen atoms in total. The molecule has 1 unspecified atom stereocenters. The van der Waals surface area contributed by atoms with E-state index in [9.17, 15) is 4.39 Å². The molecule has 1 aromatic carbocycles. The van der Waals surface area contributed by atoms with Gasteiger partial charge in [-0.05, 0) is 24.6 Å². The van der Waals surface area contributed by atoms with Crippen LogP contribution in [0.5, 0.6) is 0 Å². The van der Waals surface area contributed by atoms with Gasteiger partial charge in [0.05, 0.1) is 12.2 Å². The molecule has 5 N–H and O–H groups in total. The molecular formula is C18H23Cl2FN8. The molecule has 0 saturated heterocycles. The highest BCUT2D eigenvalue weighted by Crippen LogP contribution is 2.21. The van der Waals surface area contributed by atoms with E-state index in [4.69, 9.17) is 5.73 Å². The number of benzene rings is 1. The Balaban J connectivity index is 0.00000210. The monoisotopic (exact) mass is 440 g/mol. The smallest absolute Gasteiger partial charge is 0.227 e. The van der Waals surface area contributed by atoms with Gasteiger partial charge in [-0.3, -0.25) is 4.98 Å². The number of halogens is 3. The highest BCUT2D eigenvalue weighted by Gasteiger charge is 2.10. The molecule has 11 heteroatoms. The van der Waals surface area contributed by atoms with Crippen molar-refractivity contribution >= 4 is 48.2 Å². The first-order valence-corrected chi connectivity index (χ1v) is 8.52. The van der Waals surface area contributed by atoms with Crippen molar-refractivity contribution in [1.82, 2.24) is 19.9 Å². The molecule has 3 aromatic rings. The lowest BCUT2D eigenvalue weighted by atomic mass is 10.1. The van der Waals surface area contributed by atoms with Crippen LogP contribution in [0.3, 0.4) is 0 Å². The van der Waals surface area contributed by atoms with Gasteiger partial charge >= 0.3 is 0 Å². The Morgan fingerprint density at radius 1 is 1.03 bits per heavy atom. The van der Waals surface area contributed by atoms with E-state index in [1.165, 1.54) is 12.1 Å². The minimum Gasteiger partial charge on any atom is -0.369 e. The van der Waals surface area contributed by atoms with Crippen molar-refractivity contribution in [2.24, 2.45) is 5.73 Å². The summed E-state index contributed by atoms with van der Waals surface area (Å²) in [7, 11) is 0. The summed E-state index contributed by atoms with van der Waals surface area (Å²) >= 11 is 0. The Labute approximate surface area is 180 Å². The van der Waals surface area contributed by atoms with Gasteiger partial charge in [0.2, 0.25) is 5.95 Å². The molecule has 2 aromatic heterocycles. The van der Waals surface area contributed by atoms with E-state index in [1.807, 2.05) is 6.92 Å². The number of rotatable bonds is 8. The predicted molar refractivity (Wildman–Crippen MR) is 118 cm³/mol. The first kappa shape index (κ1) is 24.3. The summed E-state index contributed by atoms with van der Waals surface area (Å²) in [5, 5.41) is 9.46. The van der Waals surface area contributed by atoms with Gasteiger partial charge in [-0.2, -0.15) is 9.97 Å². The van der Waals surface area contributed by atoms with Crippen LogP contribution in [0.2, 0.25) is 0 Å². The average molecular weight is 441 g/mol. The van der Waals surface area contributed by atoms with Crippen LogP contribution >= 0.6 is 24.8 Å². The summed E-state index contributed by atoms with van der Waals surface area (Å²) in [4.78, 5) is 17.1.